The van der Waals surface area contributed by atoms with Crippen molar-refractivity contribution >= 4 is 0 Å². The van der Waals surface area contributed by atoms with Gasteiger partial charge in [0.25, 0.3) is 0 Å². The van der Waals surface area contributed by atoms with Gasteiger partial charge in [0.2, 0.25) is 0 Å². The fraction of sp³-hybridized carbons (Fsp3) is 0.846. The van der Waals surface area contributed by atoms with Gasteiger partial charge in [-0.2, -0.15) is 0 Å². The van der Waals surface area contributed by atoms with Gasteiger partial charge >= 0.3 is 0 Å². The molecule has 1 nitrogen and oxygen atoms in total. The average Bonchev–Trinajstić information content (AvgIpc) is 2.62. The van der Waals surface area contributed by atoms with Gasteiger partial charge in [0.15, 0.2) is 0 Å². The number of piperidine rings is 1. The van der Waals surface area contributed by atoms with Crippen molar-refractivity contribution in [2.24, 2.45) is 5.41 Å². The third-order valence-electron chi connectivity index (χ3n) is 4.05. The van der Waals surface area contributed by atoms with Crippen LogP contribution in [0, 0.1) is 5.41 Å². The van der Waals surface area contributed by atoms with Crippen LogP contribution in [-0.2, 0) is 0 Å². The summed E-state index contributed by atoms with van der Waals surface area (Å²) in [5.41, 5.74) is 2.38. The summed E-state index contributed by atoms with van der Waals surface area (Å²) in [6.07, 6.45) is 12.3. The maximum Gasteiger partial charge on any atom is 0.0170 e. The number of unbranched alkanes of at least 4 members (excludes halogenated alkanes) is 2. The highest BCUT2D eigenvalue weighted by Crippen LogP contribution is 2.47. The molecule has 0 bridgehead atoms. The van der Waals surface area contributed by atoms with Crippen LogP contribution in [0.25, 0.3) is 0 Å². The van der Waals surface area contributed by atoms with Crippen LogP contribution in [0.2, 0.25) is 0 Å². The summed E-state index contributed by atoms with van der Waals surface area (Å²) >= 11 is 0. The highest BCUT2D eigenvalue weighted by atomic mass is 14.9. The Morgan fingerprint density at radius 1 is 1.36 bits per heavy atom. The molecule has 0 spiro atoms. The highest BCUT2D eigenvalue weighted by Gasteiger charge is 2.37. The Kier molecular flexibility index (Phi) is 3.27. The Morgan fingerprint density at radius 3 is 3.14 bits per heavy atom. The second kappa shape index (κ2) is 4.48. The fourth-order valence-electron chi connectivity index (χ4n) is 3.12. The first-order chi connectivity index (χ1) is 6.87. The summed E-state index contributed by atoms with van der Waals surface area (Å²) in [7, 11) is 0. The van der Waals surface area contributed by atoms with Crippen LogP contribution in [0.15, 0.2) is 11.6 Å². The van der Waals surface area contributed by atoms with Crippen LogP contribution in [-0.4, -0.2) is 13.1 Å². The Labute approximate surface area is 88.0 Å². The largest absolute Gasteiger partial charge is 0.313 e. The molecule has 0 radical (unpaired) electrons. The molecule has 1 unspecified atom stereocenters. The van der Waals surface area contributed by atoms with E-state index in [2.05, 4.69) is 18.3 Å². The number of hydrogen-bond donors (Lipinski definition) is 1. The quantitative estimate of drug-likeness (QED) is 0.534. The molecule has 0 aromatic rings. The minimum atomic E-state index is 0.639. The maximum absolute atomic E-state index is 3.50. The highest BCUT2D eigenvalue weighted by molar-refractivity contribution is 5.23. The van der Waals surface area contributed by atoms with Gasteiger partial charge in [-0.1, -0.05) is 37.8 Å². The van der Waals surface area contributed by atoms with Crippen LogP contribution in [0.5, 0.6) is 0 Å². The zero-order valence-electron chi connectivity index (χ0n) is 9.44. The van der Waals surface area contributed by atoms with Gasteiger partial charge in [-0.05, 0) is 37.6 Å². The van der Waals surface area contributed by atoms with E-state index in [1.165, 1.54) is 58.0 Å². The molecular weight excluding hydrogens is 170 g/mol. The average molecular weight is 193 g/mol. The maximum atomic E-state index is 3.50. The Bertz CT molecular complexity index is 219. The van der Waals surface area contributed by atoms with Crippen LogP contribution < -0.4 is 5.32 Å². The first kappa shape index (κ1) is 10.2. The summed E-state index contributed by atoms with van der Waals surface area (Å²) in [4.78, 5) is 0. The molecule has 0 aromatic heterocycles. The van der Waals surface area contributed by atoms with Gasteiger partial charge in [0, 0.05) is 6.54 Å². The van der Waals surface area contributed by atoms with E-state index in [9.17, 15) is 0 Å². The minimum Gasteiger partial charge on any atom is -0.313 e. The number of nitrogens with one attached hydrogen (secondary N) is 1. The molecule has 2 rings (SSSR count). The van der Waals surface area contributed by atoms with E-state index in [1.807, 2.05) is 0 Å². The van der Waals surface area contributed by atoms with Crippen molar-refractivity contribution in [1.82, 2.24) is 5.32 Å². The lowest BCUT2D eigenvalue weighted by atomic mass is 9.72. The number of hydrogen-bond acceptors (Lipinski definition) is 1. The standard InChI is InChI=1S/C13H23N/c1-2-3-4-7-13-8-5-6-12(13)11-14-10-9-13/h6,14H,2-5,7-11H2,1H3. The van der Waals surface area contributed by atoms with E-state index in [4.69, 9.17) is 0 Å². The molecule has 1 heterocycles. The summed E-state index contributed by atoms with van der Waals surface area (Å²) < 4.78 is 0. The molecule has 1 atom stereocenters. The van der Waals surface area contributed by atoms with Gasteiger partial charge < -0.3 is 5.32 Å². The van der Waals surface area contributed by atoms with E-state index >= 15 is 0 Å². The predicted molar refractivity (Wildman–Crippen MR) is 61.4 cm³/mol. The van der Waals surface area contributed by atoms with Gasteiger partial charge in [-0.15, -0.1) is 0 Å². The second-order valence-electron chi connectivity index (χ2n) is 4.93. The third-order valence-corrected chi connectivity index (χ3v) is 4.05. The van der Waals surface area contributed by atoms with E-state index < -0.39 is 0 Å². The first-order valence-corrected chi connectivity index (χ1v) is 6.28. The lowest BCUT2D eigenvalue weighted by molar-refractivity contribution is 0.254. The summed E-state index contributed by atoms with van der Waals surface area (Å²) in [6.45, 7) is 4.71. The fourth-order valence-corrected chi connectivity index (χ4v) is 3.12. The number of rotatable bonds is 4. The van der Waals surface area contributed by atoms with Gasteiger partial charge in [-0.3, -0.25) is 0 Å². The van der Waals surface area contributed by atoms with Crippen molar-refractivity contribution in [2.45, 2.75) is 51.9 Å². The smallest absolute Gasteiger partial charge is 0.0170 e. The third kappa shape index (κ3) is 1.88. The summed E-state index contributed by atoms with van der Waals surface area (Å²) in [6, 6.07) is 0. The van der Waals surface area contributed by atoms with Gasteiger partial charge in [0.05, 0.1) is 0 Å². The lowest BCUT2D eigenvalue weighted by Gasteiger charge is -2.37. The molecule has 14 heavy (non-hydrogen) atoms. The second-order valence-corrected chi connectivity index (χ2v) is 4.93. The Morgan fingerprint density at radius 2 is 2.29 bits per heavy atom. The van der Waals surface area contributed by atoms with Crippen LogP contribution in [0.4, 0.5) is 0 Å². The van der Waals surface area contributed by atoms with E-state index in [-0.39, 0.29) is 0 Å². The molecule has 2 aliphatic rings. The molecule has 1 N–H and O–H groups in total. The molecule has 1 fully saturated rings. The van der Waals surface area contributed by atoms with Crippen molar-refractivity contribution in [3.8, 4) is 0 Å². The van der Waals surface area contributed by atoms with Crippen molar-refractivity contribution in [2.75, 3.05) is 13.1 Å². The molecular formula is C13H23N. The van der Waals surface area contributed by atoms with Crippen molar-refractivity contribution < 1.29 is 0 Å². The van der Waals surface area contributed by atoms with E-state index in [1.54, 1.807) is 5.57 Å². The molecule has 1 saturated heterocycles. The molecule has 1 aliphatic carbocycles. The van der Waals surface area contributed by atoms with Crippen LogP contribution in [0.3, 0.4) is 0 Å². The summed E-state index contributed by atoms with van der Waals surface area (Å²) in [5, 5.41) is 3.50. The van der Waals surface area contributed by atoms with E-state index in [0.29, 0.717) is 5.41 Å². The minimum absolute atomic E-state index is 0.639. The SMILES string of the molecule is CCCCCC12CCC=C1CNCC2. The topological polar surface area (TPSA) is 12.0 Å². The van der Waals surface area contributed by atoms with Crippen molar-refractivity contribution in [3.63, 3.8) is 0 Å². The first-order valence-electron chi connectivity index (χ1n) is 6.28. The molecule has 80 valence electrons. The lowest BCUT2D eigenvalue weighted by Crippen LogP contribution is -2.37. The van der Waals surface area contributed by atoms with Crippen molar-refractivity contribution in [1.29, 1.82) is 0 Å². The normalized spacial score (nSPS) is 31.4. The molecule has 0 saturated carbocycles. The zero-order valence-corrected chi connectivity index (χ0v) is 9.44. The molecule has 1 heteroatoms. The Hall–Kier alpha value is -0.300. The number of fused-ring (bicyclic) bond motifs is 1. The Balaban J connectivity index is 1.94. The van der Waals surface area contributed by atoms with Crippen molar-refractivity contribution in [3.05, 3.63) is 11.6 Å². The molecule has 0 amide bonds. The molecule has 0 aromatic carbocycles. The van der Waals surface area contributed by atoms with Gasteiger partial charge in [-0.25, -0.2) is 0 Å². The summed E-state index contributed by atoms with van der Waals surface area (Å²) in [5.74, 6) is 0. The number of allylic oxidation sites excluding steroid dienone is 1. The monoisotopic (exact) mass is 193 g/mol. The van der Waals surface area contributed by atoms with E-state index in [0.717, 1.165) is 0 Å². The predicted octanol–water partition coefficient (Wildman–Crippen LogP) is 3.27. The van der Waals surface area contributed by atoms with Gasteiger partial charge in [0.1, 0.15) is 0 Å². The van der Waals surface area contributed by atoms with Crippen LogP contribution in [0.1, 0.15) is 51.9 Å². The van der Waals surface area contributed by atoms with Crippen LogP contribution >= 0.6 is 0 Å². The zero-order chi connectivity index (χ0) is 9.86. The molecule has 1 aliphatic heterocycles.